The first-order valence-corrected chi connectivity index (χ1v) is 9.98. The zero-order valence-corrected chi connectivity index (χ0v) is 17.6. The van der Waals surface area contributed by atoms with Gasteiger partial charge in [-0.05, 0) is 55.2 Å². The molecule has 1 aliphatic rings. The normalized spacial score (nSPS) is 18.7. The number of carbonyl (C=O) groups is 3. The third-order valence-electron chi connectivity index (χ3n) is 5.48. The number of carbonyl (C=O) groups excluding carboxylic acids is 3. The summed E-state index contributed by atoms with van der Waals surface area (Å²) in [7, 11) is 0. The molecule has 4 amide bonds. The van der Waals surface area contributed by atoms with Crippen molar-refractivity contribution < 1.29 is 18.8 Å². The van der Waals surface area contributed by atoms with Crippen molar-refractivity contribution in [1.82, 2.24) is 10.2 Å². The summed E-state index contributed by atoms with van der Waals surface area (Å²) in [5.74, 6) is -0.961. The summed E-state index contributed by atoms with van der Waals surface area (Å²) in [5, 5.41) is 2.72. The SMILES string of the molecule is CCN(C(=O)CN1C(=O)N[C@@](C)(c2ccc(C(C)C)cc2)C1=O)c1ccc(F)cc1. The molecule has 0 saturated carbocycles. The predicted octanol–water partition coefficient (Wildman–Crippen LogP) is 3.77. The van der Waals surface area contributed by atoms with Crippen LogP contribution >= 0.6 is 0 Å². The van der Waals surface area contributed by atoms with Crippen LogP contribution in [-0.4, -0.2) is 35.8 Å². The second kappa shape index (κ2) is 8.26. The number of benzene rings is 2. The third kappa shape index (κ3) is 3.92. The second-order valence-corrected chi connectivity index (χ2v) is 7.84. The Morgan fingerprint density at radius 3 is 2.23 bits per heavy atom. The summed E-state index contributed by atoms with van der Waals surface area (Å²) < 4.78 is 13.2. The number of likely N-dealkylation sites (N-methyl/N-ethyl adjacent to an activating group) is 1. The zero-order chi connectivity index (χ0) is 22.1. The topological polar surface area (TPSA) is 69.7 Å². The number of rotatable bonds is 6. The highest BCUT2D eigenvalue weighted by molar-refractivity contribution is 6.10. The van der Waals surface area contributed by atoms with E-state index < -0.39 is 35.7 Å². The summed E-state index contributed by atoms with van der Waals surface area (Å²) in [4.78, 5) is 40.8. The quantitative estimate of drug-likeness (QED) is 0.736. The molecular formula is C23H26FN3O3. The molecule has 0 radical (unpaired) electrons. The first kappa shape index (κ1) is 21.5. The number of halogens is 1. The largest absolute Gasteiger partial charge is 0.325 e. The molecule has 1 atom stereocenters. The van der Waals surface area contributed by atoms with Crippen LogP contribution in [-0.2, 0) is 15.1 Å². The Morgan fingerprint density at radius 1 is 1.10 bits per heavy atom. The van der Waals surface area contributed by atoms with E-state index in [1.165, 1.54) is 29.2 Å². The Labute approximate surface area is 175 Å². The highest BCUT2D eigenvalue weighted by atomic mass is 19.1. The fourth-order valence-electron chi connectivity index (χ4n) is 3.58. The first-order chi connectivity index (χ1) is 14.2. The molecular weight excluding hydrogens is 385 g/mol. The number of hydrogen-bond acceptors (Lipinski definition) is 3. The Bertz CT molecular complexity index is 957. The van der Waals surface area contributed by atoms with Gasteiger partial charge >= 0.3 is 6.03 Å². The lowest BCUT2D eigenvalue weighted by molar-refractivity contribution is -0.134. The van der Waals surface area contributed by atoms with Gasteiger partial charge in [0.05, 0.1) is 0 Å². The molecule has 0 aromatic heterocycles. The van der Waals surface area contributed by atoms with Crippen molar-refractivity contribution >= 4 is 23.5 Å². The third-order valence-corrected chi connectivity index (χ3v) is 5.48. The summed E-state index contributed by atoms with van der Waals surface area (Å²) in [5.41, 5.74) is 1.05. The van der Waals surface area contributed by atoms with E-state index in [0.29, 0.717) is 23.7 Å². The van der Waals surface area contributed by atoms with E-state index in [0.717, 1.165) is 10.5 Å². The van der Waals surface area contributed by atoms with Crippen molar-refractivity contribution in [1.29, 1.82) is 0 Å². The van der Waals surface area contributed by atoms with Crippen LogP contribution in [0.5, 0.6) is 0 Å². The minimum Gasteiger partial charge on any atom is -0.319 e. The van der Waals surface area contributed by atoms with Crippen LogP contribution in [0.3, 0.4) is 0 Å². The van der Waals surface area contributed by atoms with Gasteiger partial charge < -0.3 is 10.2 Å². The molecule has 30 heavy (non-hydrogen) atoms. The van der Waals surface area contributed by atoms with Crippen molar-refractivity contribution in [3.8, 4) is 0 Å². The molecule has 6 nitrogen and oxygen atoms in total. The Hall–Kier alpha value is -3.22. The van der Waals surface area contributed by atoms with Crippen LogP contribution in [0.4, 0.5) is 14.9 Å². The monoisotopic (exact) mass is 411 g/mol. The van der Waals surface area contributed by atoms with Crippen LogP contribution < -0.4 is 10.2 Å². The van der Waals surface area contributed by atoms with E-state index in [2.05, 4.69) is 19.2 Å². The van der Waals surface area contributed by atoms with E-state index in [1.54, 1.807) is 13.8 Å². The lowest BCUT2D eigenvalue weighted by atomic mass is 9.90. The van der Waals surface area contributed by atoms with Crippen LogP contribution in [0, 0.1) is 5.82 Å². The van der Waals surface area contributed by atoms with E-state index in [4.69, 9.17) is 0 Å². The van der Waals surface area contributed by atoms with Gasteiger partial charge in [0, 0.05) is 12.2 Å². The number of amides is 4. The fraction of sp³-hybridized carbons (Fsp3) is 0.348. The van der Waals surface area contributed by atoms with E-state index in [1.807, 2.05) is 24.3 Å². The molecule has 0 bridgehead atoms. The Balaban J connectivity index is 1.80. The number of urea groups is 1. The highest BCUT2D eigenvalue weighted by Crippen LogP contribution is 2.30. The van der Waals surface area contributed by atoms with Gasteiger partial charge in [0.2, 0.25) is 5.91 Å². The van der Waals surface area contributed by atoms with Crippen molar-refractivity contribution in [3.05, 3.63) is 65.5 Å². The van der Waals surface area contributed by atoms with Gasteiger partial charge in [-0.3, -0.25) is 14.5 Å². The molecule has 0 spiro atoms. The molecule has 2 aromatic carbocycles. The number of nitrogens with one attached hydrogen (secondary N) is 1. The van der Waals surface area contributed by atoms with Crippen LogP contribution in [0.1, 0.15) is 44.7 Å². The number of nitrogens with zero attached hydrogens (tertiary/aromatic N) is 2. The molecule has 1 fully saturated rings. The molecule has 1 aliphatic heterocycles. The molecule has 3 rings (SSSR count). The highest BCUT2D eigenvalue weighted by Gasteiger charge is 2.49. The van der Waals surface area contributed by atoms with Crippen molar-refractivity contribution in [3.63, 3.8) is 0 Å². The molecule has 1 heterocycles. The summed E-state index contributed by atoms with van der Waals surface area (Å²) in [6, 6.07) is 12.4. The van der Waals surface area contributed by atoms with Gasteiger partial charge in [0.25, 0.3) is 5.91 Å². The Morgan fingerprint density at radius 2 is 1.70 bits per heavy atom. The number of anilines is 1. The van der Waals surface area contributed by atoms with E-state index in [-0.39, 0.29) is 0 Å². The van der Waals surface area contributed by atoms with Gasteiger partial charge in [-0.2, -0.15) is 0 Å². The van der Waals surface area contributed by atoms with E-state index in [9.17, 15) is 18.8 Å². The maximum absolute atomic E-state index is 13.2. The minimum atomic E-state index is -1.24. The molecule has 0 aliphatic carbocycles. The van der Waals surface area contributed by atoms with Gasteiger partial charge in [-0.15, -0.1) is 0 Å². The average molecular weight is 411 g/mol. The molecule has 2 aromatic rings. The zero-order valence-electron chi connectivity index (χ0n) is 17.6. The lowest BCUT2D eigenvalue weighted by Crippen LogP contribution is -2.44. The Kier molecular flexibility index (Phi) is 5.92. The summed E-state index contributed by atoms with van der Waals surface area (Å²) in [6.07, 6.45) is 0. The van der Waals surface area contributed by atoms with Crippen LogP contribution in [0.25, 0.3) is 0 Å². The standard InChI is InChI=1S/C23H26FN3O3/c1-5-26(19-12-10-18(24)11-13-19)20(28)14-27-21(29)23(4,25-22(27)30)17-8-6-16(7-9-17)15(2)3/h6-13,15H,5,14H2,1-4H3,(H,25,30)/t23-/m0/s1. The smallest absolute Gasteiger partial charge is 0.319 e. The van der Waals surface area contributed by atoms with Crippen molar-refractivity contribution in [2.45, 2.75) is 39.2 Å². The second-order valence-electron chi connectivity index (χ2n) is 7.84. The maximum atomic E-state index is 13.2. The fourth-order valence-corrected chi connectivity index (χ4v) is 3.58. The maximum Gasteiger partial charge on any atom is 0.325 e. The van der Waals surface area contributed by atoms with Crippen LogP contribution in [0.2, 0.25) is 0 Å². The molecule has 158 valence electrons. The van der Waals surface area contributed by atoms with Gasteiger partial charge in [0.15, 0.2) is 0 Å². The first-order valence-electron chi connectivity index (χ1n) is 9.98. The molecule has 1 N–H and O–H groups in total. The van der Waals surface area contributed by atoms with Crippen LogP contribution in [0.15, 0.2) is 48.5 Å². The molecule has 1 saturated heterocycles. The molecule has 0 unspecified atom stereocenters. The number of imide groups is 1. The van der Waals surface area contributed by atoms with Crippen molar-refractivity contribution in [2.24, 2.45) is 0 Å². The summed E-state index contributed by atoms with van der Waals surface area (Å²) >= 11 is 0. The minimum absolute atomic E-state index is 0.321. The lowest BCUT2D eigenvalue weighted by Gasteiger charge is -2.25. The number of hydrogen-bond donors (Lipinski definition) is 1. The summed E-state index contributed by atoms with van der Waals surface area (Å²) in [6.45, 7) is 7.49. The predicted molar refractivity (Wildman–Crippen MR) is 113 cm³/mol. The van der Waals surface area contributed by atoms with Gasteiger partial charge in [0.1, 0.15) is 17.9 Å². The average Bonchev–Trinajstić information content (AvgIpc) is 2.94. The van der Waals surface area contributed by atoms with Gasteiger partial charge in [-0.25, -0.2) is 9.18 Å². The van der Waals surface area contributed by atoms with E-state index >= 15 is 0 Å². The van der Waals surface area contributed by atoms with Crippen molar-refractivity contribution in [2.75, 3.05) is 18.0 Å². The van der Waals surface area contributed by atoms with Gasteiger partial charge in [-0.1, -0.05) is 38.1 Å². The molecule has 7 heteroatoms.